The second-order valence-corrected chi connectivity index (χ2v) is 4.48. The van der Waals surface area contributed by atoms with Gasteiger partial charge in [-0.25, -0.2) is 0 Å². The summed E-state index contributed by atoms with van der Waals surface area (Å²) in [5.41, 5.74) is 1.04. The first-order valence-electron chi connectivity index (χ1n) is 5.78. The van der Waals surface area contributed by atoms with Crippen molar-refractivity contribution in [1.82, 2.24) is 10.2 Å². The molecule has 0 unspecified atom stereocenters. The first-order chi connectivity index (χ1) is 7.63. The molecule has 0 saturated heterocycles. The Morgan fingerprint density at radius 2 is 2.06 bits per heavy atom. The van der Waals surface area contributed by atoms with Gasteiger partial charge < -0.3 is 10.0 Å². The van der Waals surface area contributed by atoms with Crippen molar-refractivity contribution in [3.05, 3.63) is 17.8 Å². The summed E-state index contributed by atoms with van der Waals surface area (Å²) in [6.45, 7) is 5.35. The molecule has 1 heterocycles. The SMILES string of the molecule is CC(C)Cc1ccc(N(C)CCCO)nn1. The highest BCUT2D eigenvalue weighted by Crippen LogP contribution is 2.10. The fraction of sp³-hybridized carbons (Fsp3) is 0.667. The first-order valence-corrected chi connectivity index (χ1v) is 5.78. The molecule has 0 aliphatic heterocycles. The predicted octanol–water partition coefficient (Wildman–Crippen LogP) is 1.49. The molecule has 1 aromatic rings. The molecule has 90 valence electrons. The van der Waals surface area contributed by atoms with Crippen molar-refractivity contribution in [3.8, 4) is 0 Å². The normalized spacial score (nSPS) is 10.8. The number of aliphatic hydroxyl groups is 1. The zero-order chi connectivity index (χ0) is 12.0. The molecule has 0 bridgehead atoms. The van der Waals surface area contributed by atoms with Gasteiger partial charge in [0.2, 0.25) is 0 Å². The highest BCUT2D eigenvalue weighted by Gasteiger charge is 2.04. The summed E-state index contributed by atoms with van der Waals surface area (Å²) < 4.78 is 0. The standard InChI is InChI=1S/C12H21N3O/c1-10(2)9-11-5-6-12(14-13-11)15(3)7-4-8-16/h5-6,10,16H,4,7-9H2,1-3H3. The highest BCUT2D eigenvalue weighted by atomic mass is 16.3. The smallest absolute Gasteiger partial charge is 0.150 e. The quantitative estimate of drug-likeness (QED) is 0.794. The lowest BCUT2D eigenvalue weighted by atomic mass is 10.1. The molecule has 1 rings (SSSR count). The van der Waals surface area contributed by atoms with E-state index in [1.165, 1.54) is 0 Å². The molecule has 0 aromatic carbocycles. The summed E-state index contributed by atoms with van der Waals surface area (Å²) in [7, 11) is 1.96. The van der Waals surface area contributed by atoms with Crippen LogP contribution in [0.15, 0.2) is 12.1 Å². The summed E-state index contributed by atoms with van der Waals surface area (Å²) in [4.78, 5) is 2.00. The van der Waals surface area contributed by atoms with E-state index in [9.17, 15) is 0 Å². The van der Waals surface area contributed by atoms with Crippen LogP contribution in [0, 0.1) is 5.92 Å². The Morgan fingerprint density at radius 1 is 1.31 bits per heavy atom. The van der Waals surface area contributed by atoms with Crippen LogP contribution in [-0.4, -0.2) is 35.5 Å². The number of hydrogen-bond acceptors (Lipinski definition) is 4. The van der Waals surface area contributed by atoms with E-state index in [4.69, 9.17) is 5.11 Å². The third-order valence-electron chi connectivity index (χ3n) is 2.37. The van der Waals surface area contributed by atoms with Crippen LogP contribution >= 0.6 is 0 Å². The zero-order valence-corrected chi connectivity index (χ0v) is 10.3. The average molecular weight is 223 g/mol. The first kappa shape index (κ1) is 12.9. The lowest BCUT2D eigenvalue weighted by Crippen LogP contribution is -2.21. The molecular weight excluding hydrogens is 202 g/mol. The molecule has 0 aliphatic rings. The third-order valence-corrected chi connectivity index (χ3v) is 2.37. The zero-order valence-electron chi connectivity index (χ0n) is 10.3. The van der Waals surface area contributed by atoms with Crippen molar-refractivity contribution in [2.24, 2.45) is 5.92 Å². The molecule has 4 heteroatoms. The molecular formula is C12H21N3O. The maximum absolute atomic E-state index is 8.74. The van der Waals surface area contributed by atoms with E-state index in [0.717, 1.165) is 30.9 Å². The van der Waals surface area contributed by atoms with Crippen molar-refractivity contribution in [3.63, 3.8) is 0 Å². The molecule has 1 aromatic heterocycles. The van der Waals surface area contributed by atoms with E-state index in [-0.39, 0.29) is 6.61 Å². The molecule has 1 N–H and O–H groups in total. The van der Waals surface area contributed by atoms with Crippen LogP contribution in [0.25, 0.3) is 0 Å². The van der Waals surface area contributed by atoms with Crippen molar-refractivity contribution in [1.29, 1.82) is 0 Å². The Kier molecular flexibility index (Phi) is 5.19. The van der Waals surface area contributed by atoms with E-state index >= 15 is 0 Å². The van der Waals surface area contributed by atoms with E-state index in [1.54, 1.807) is 0 Å². The number of nitrogens with zero attached hydrogens (tertiary/aromatic N) is 3. The highest BCUT2D eigenvalue weighted by molar-refractivity contribution is 5.35. The van der Waals surface area contributed by atoms with Crippen LogP contribution in [0.4, 0.5) is 5.82 Å². The number of aromatic nitrogens is 2. The van der Waals surface area contributed by atoms with Crippen LogP contribution in [0.5, 0.6) is 0 Å². The lowest BCUT2D eigenvalue weighted by Gasteiger charge is -2.16. The van der Waals surface area contributed by atoms with Crippen molar-refractivity contribution >= 4 is 5.82 Å². The molecule has 0 radical (unpaired) electrons. The van der Waals surface area contributed by atoms with Gasteiger partial charge in [0.05, 0.1) is 5.69 Å². The largest absolute Gasteiger partial charge is 0.396 e. The minimum Gasteiger partial charge on any atom is -0.396 e. The van der Waals surface area contributed by atoms with Crippen molar-refractivity contribution < 1.29 is 5.11 Å². The van der Waals surface area contributed by atoms with E-state index in [0.29, 0.717) is 5.92 Å². The lowest BCUT2D eigenvalue weighted by molar-refractivity contribution is 0.290. The number of rotatable bonds is 6. The minimum absolute atomic E-state index is 0.212. The van der Waals surface area contributed by atoms with E-state index in [1.807, 2.05) is 24.1 Å². The van der Waals surface area contributed by atoms with Gasteiger partial charge in [0.25, 0.3) is 0 Å². The third kappa shape index (κ3) is 4.14. The Hall–Kier alpha value is -1.16. The summed E-state index contributed by atoms with van der Waals surface area (Å²) >= 11 is 0. The monoisotopic (exact) mass is 223 g/mol. The number of hydrogen-bond donors (Lipinski definition) is 1. The minimum atomic E-state index is 0.212. The van der Waals surface area contributed by atoms with Gasteiger partial charge >= 0.3 is 0 Å². The second kappa shape index (κ2) is 6.43. The van der Waals surface area contributed by atoms with Crippen LogP contribution in [0.1, 0.15) is 26.0 Å². The topological polar surface area (TPSA) is 49.2 Å². The molecule has 0 saturated carbocycles. The molecule has 4 nitrogen and oxygen atoms in total. The van der Waals surface area contributed by atoms with E-state index in [2.05, 4.69) is 24.0 Å². The maximum atomic E-state index is 8.74. The second-order valence-electron chi connectivity index (χ2n) is 4.48. The Balaban J connectivity index is 2.56. The number of aliphatic hydroxyl groups excluding tert-OH is 1. The van der Waals surface area contributed by atoms with Gasteiger partial charge in [0.15, 0.2) is 5.82 Å². The van der Waals surface area contributed by atoms with Gasteiger partial charge in [0.1, 0.15) is 0 Å². The predicted molar refractivity (Wildman–Crippen MR) is 65.5 cm³/mol. The van der Waals surface area contributed by atoms with Crippen LogP contribution in [-0.2, 0) is 6.42 Å². The van der Waals surface area contributed by atoms with Gasteiger partial charge in [-0.2, -0.15) is 5.10 Å². The van der Waals surface area contributed by atoms with Crippen LogP contribution in [0.3, 0.4) is 0 Å². The van der Waals surface area contributed by atoms with Gasteiger partial charge in [-0.1, -0.05) is 13.8 Å². The van der Waals surface area contributed by atoms with Crippen molar-refractivity contribution in [2.75, 3.05) is 25.1 Å². The molecule has 0 spiro atoms. The summed E-state index contributed by atoms with van der Waals surface area (Å²) in [5.74, 6) is 1.47. The van der Waals surface area contributed by atoms with Gasteiger partial charge in [-0.3, -0.25) is 0 Å². The van der Waals surface area contributed by atoms with Gasteiger partial charge in [0, 0.05) is 20.2 Å². The molecule has 0 aliphatic carbocycles. The Labute approximate surface area is 97.3 Å². The van der Waals surface area contributed by atoms with E-state index < -0.39 is 0 Å². The molecule has 0 atom stereocenters. The Morgan fingerprint density at radius 3 is 2.56 bits per heavy atom. The molecule has 0 amide bonds. The Bertz CT molecular complexity index is 298. The number of anilines is 1. The molecule has 0 fully saturated rings. The summed E-state index contributed by atoms with van der Waals surface area (Å²) in [6.07, 6.45) is 1.72. The van der Waals surface area contributed by atoms with Crippen LogP contribution < -0.4 is 4.90 Å². The van der Waals surface area contributed by atoms with Crippen LogP contribution in [0.2, 0.25) is 0 Å². The maximum Gasteiger partial charge on any atom is 0.150 e. The average Bonchev–Trinajstić information content (AvgIpc) is 2.26. The summed E-state index contributed by atoms with van der Waals surface area (Å²) in [5, 5.41) is 17.1. The fourth-order valence-corrected chi connectivity index (χ4v) is 1.51. The molecule has 16 heavy (non-hydrogen) atoms. The summed E-state index contributed by atoms with van der Waals surface area (Å²) in [6, 6.07) is 4.01. The van der Waals surface area contributed by atoms with Gasteiger partial charge in [-0.05, 0) is 30.9 Å². The van der Waals surface area contributed by atoms with Gasteiger partial charge in [-0.15, -0.1) is 5.10 Å². The fourth-order valence-electron chi connectivity index (χ4n) is 1.51. The van der Waals surface area contributed by atoms with Crippen molar-refractivity contribution in [2.45, 2.75) is 26.7 Å².